The summed E-state index contributed by atoms with van der Waals surface area (Å²) in [6.45, 7) is 0. The van der Waals surface area contributed by atoms with E-state index in [1.54, 1.807) is 0 Å². The molecule has 0 saturated heterocycles. The molecule has 0 saturated carbocycles. The van der Waals surface area contributed by atoms with Gasteiger partial charge in [0.05, 0.1) is 15.6 Å². The van der Waals surface area contributed by atoms with E-state index in [4.69, 9.17) is 28.9 Å². The van der Waals surface area contributed by atoms with Crippen LogP contribution in [0.3, 0.4) is 0 Å². The molecule has 0 unspecified atom stereocenters. The monoisotopic (exact) mass is 207 g/mol. The van der Waals surface area contributed by atoms with Crippen LogP contribution in [-0.4, -0.2) is 5.91 Å². The second-order valence-corrected chi connectivity index (χ2v) is 2.92. The summed E-state index contributed by atoms with van der Waals surface area (Å²) < 4.78 is 12.6. The number of benzene rings is 1. The Hall–Kier alpha value is -0.800. The third-order valence-electron chi connectivity index (χ3n) is 1.25. The SMILES string of the molecule is NC(=O)c1c(Cl)cc(F)cc1Cl. The van der Waals surface area contributed by atoms with Crippen LogP contribution in [0.25, 0.3) is 0 Å². The first-order valence-electron chi connectivity index (χ1n) is 2.96. The molecule has 64 valence electrons. The Kier molecular flexibility index (Phi) is 2.55. The largest absolute Gasteiger partial charge is 0.366 e. The highest BCUT2D eigenvalue weighted by molar-refractivity contribution is 6.39. The van der Waals surface area contributed by atoms with Gasteiger partial charge in [0.2, 0.25) is 0 Å². The van der Waals surface area contributed by atoms with E-state index >= 15 is 0 Å². The van der Waals surface area contributed by atoms with Crippen LogP contribution in [0.1, 0.15) is 10.4 Å². The number of carbonyl (C=O) groups is 1. The molecular formula is C7H4Cl2FNO. The molecule has 0 radical (unpaired) electrons. The van der Waals surface area contributed by atoms with Crippen molar-refractivity contribution in [3.05, 3.63) is 33.6 Å². The number of rotatable bonds is 1. The molecule has 0 fully saturated rings. The Bertz CT molecular complexity index is 317. The molecule has 0 aliphatic carbocycles. The summed E-state index contributed by atoms with van der Waals surface area (Å²) in [5.41, 5.74) is 4.88. The highest BCUT2D eigenvalue weighted by Crippen LogP contribution is 2.25. The summed E-state index contributed by atoms with van der Waals surface area (Å²) in [4.78, 5) is 10.7. The summed E-state index contributed by atoms with van der Waals surface area (Å²) in [7, 11) is 0. The first kappa shape index (κ1) is 9.29. The molecule has 1 rings (SSSR count). The maximum absolute atomic E-state index is 12.6. The van der Waals surface area contributed by atoms with Crippen molar-refractivity contribution in [1.29, 1.82) is 0 Å². The third-order valence-corrected chi connectivity index (χ3v) is 1.85. The van der Waals surface area contributed by atoms with Crippen LogP contribution in [0.4, 0.5) is 4.39 Å². The Morgan fingerprint density at radius 2 is 1.75 bits per heavy atom. The van der Waals surface area contributed by atoms with E-state index in [0.29, 0.717) is 0 Å². The highest BCUT2D eigenvalue weighted by atomic mass is 35.5. The van der Waals surface area contributed by atoms with Crippen molar-refractivity contribution in [2.24, 2.45) is 5.73 Å². The van der Waals surface area contributed by atoms with Crippen molar-refractivity contribution < 1.29 is 9.18 Å². The molecule has 0 atom stereocenters. The van der Waals surface area contributed by atoms with Crippen LogP contribution in [0, 0.1) is 5.82 Å². The van der Waals surface area contributed by atoms with Gasteiger partial charge < -0.3 is 5.73 Å². The van der Waals surface area contributed by atoms with Crippen LogP contribution in [-0.2, 0) is 0 Å². The Morgan fingerprint density at radius 1 is 1.33 bits per heavy atom. The van der Waals surface area contributed by atoms with Gasteiger partial charge in [0.25, 0.3) is 5.91 Å². The molecule has 0 bridgehead atoms. The fraction of sp³-hybridized carbons (Fsp3) is 0. The zero-order valence-electron chi connectivity index (χ0n) is 5.77. The normalized spacial score (nSPS) is 9.92. The number of carbonyl (C=O) groups excluding carboxylic acids is 1. The molecule has 2 N–H and O–H groups in total. The van der Waals surface area contributed by atoms with Crippen molar-refractivity contribution in [2.45, 2.75) is 0 Å². The van der Waals surface area contributed by atoms with Crippen LogP contribution in [0.2, 0.25) is 10.0 Å². The van der Waals surface area contributed by atoms with Crippen LogP contribution in [0.5, 0.6) is 0 Å². The molecule has 12 heavy (non-hydrogen) atoms. The van der Waals surface area contributed by atoms with Gasteiger partial charge in [-0.1, -0.05) is 23.2 Å². The van der Waals surface area contributed by atoms with Gasteiger partial charge in [0.15, 0.2) is 0 Å². The van der Waals surface area contributed by atoms with Crippen molar-refractivity contribution >= 4 is 29.1 Å². The lowest BCUT2D eigenvalue weighted by Gasteiger charge is -2.01. The number of nitrogens with two attached hydrogens (primary N) is 1. The fourth-order valence-electron chi connectivity index (χ4n) is 0.778. The Labute approximate surface area is 78.1 Å². The number of amides is 1. The predicted molar refractivity (Wildman–Crippen MR) is 44.9 cm³/mol. The number of hydrogen-bond acceptors (Lipinski definition) is 1. The molecule has 0 heterocycles. The number of halogens is 3. The zero-order valence-corrected chi connectivity index (χ0v) is 7.29. The third kappa shape index (κ3) is 1.68. The number of hydrogen-bond donors (Lipinski definition) is 1. The van der Waals surface area contributed by atoms with Crippen molar-refractivity contribution in [3.8, 4) is 0 Å². The maximum Gasteiger partial charge on any atom is 0.251 e. The Morgan fingerprint density at radius 3 is 2.08 bits per heavy atom. The summed E-state index contributed by atoms with van der Waals surface area (Å²) in [6, 6.07) is 1.96. The van der Waals surface area contributed by atoms with E-state index in [0.717, 1.165) is 12.1 Å². The van der Waals surface area contributed by atoms with Crippen molar-refractivity contribution in [2.75, 3.05) is 0 Å². The van der Waals surface area contributed by atoms with E-state index in [1.165, 1.54) is 0 Å². The molecule has 0 aromatic heterocycles. The number of primary amides is 1. The van der Waals surface area contributed by atoms with Crippen molar-refractivity contribution in [3.63, 3.8) is 0 Å². The first-order chi connectivity index (χ1) is 5.52. The Balaban J connectivity index is 3.38. The van der Waals surface area contributed by atoms with Gasteiger partial charge in [-0.3, -0.25) is 4.79 Å². The highest BCUT2D eigenvalue weighted by Gasteiger charge is 2.12. The van der Waals surface area contributed by atoms with Gasteiger partial charge in [-0.15, -0.1) is 0 Å². The zero-order chi connectivity index (χ0) is 9.30. The summed E-state index contributed by atoms with van der Waals surface area (Å²) in [6.07, 6.45) is 0. The summed E-state index contributed by atoms with van der Waals surface area (Å²) in [5.74, 6) is -1.38. The van der Waals surface area contributed by atoms with Crippen molar-refractivity contribution in [1.82, 2.24) is 0 Å². The van der Waals surface area contributed by atoms with E-state index < -0.39 is 11.7 Å². The average Bonchev–Trinajstić information content (AvgIpc) is 1.82. The maximum atomic E-state index is 12.6. The van der Waals surface area contributed by atoms with Gasteiger partial charge in [-0.2, -0.15) is 0 Å². The van der Waals surface area contributed by atoms with Gasteiger partial charge in [-0.05, 0) is 12.1 Å². The van der Waals surface area contributed by atoms with Gasteiger partial charge in [0.1, 0.15) is 5.82 Å². The minimum absolute atomic E-state index is 0.0558. The van der Waals surface area contributed by atoms with Gasteiger partial charge >= 0.3 is 0 Å². The van der Waals surface area contributed by atoms with Gasteiger partial charge in [0, 0.05) is 0 Å². The van der Waals surface area contributed by atoms with E-state index in [2.05, 4.69) is 0 Å². The molecule has 1 aromatic rings. The molecule has 1 amide bonds. The molecule has 1 aromatic carbocycles. The quantitative estimate of drug-likeness (QED) is 0.755. The standard InChI is InChI=1S/C7H4Cl2FNO/c8-4-1-3(10)2-5(9)6(4)7(11)12/h1-2H,(H2,11,12). The molecular weight excluding hydrogens is 204 g/mol. The molecule has 0 aliphatic rings. The predicted octanol–water partition coefficient (Wildman–Crippen LogP) is 2.23. The summed E-state index contributed by atoms with van der Waals surface area (Å²) in [5, 5.41) is -0.153. The minimum Gasteiger partial charge on any atom is -0.366 e. The average molecular weight is 208 g/mol. The van der Waals surface area contributed by atoms with Crippen LogP contribution < -0.4 is 5.73 Å². The smallest absolute Gasteiger partial charge is 0.251 e. The molecule has 0 spiro atoms. The lowest BCUT2D eigenvalue weighted by atomic mass is 10.2. The second kappa shape index (κ2) is 3.29. The van der Waals surface area contributed by atoms with Crippen LogP contribution in [0.15, 0.2) is 12.1 Å². The van der Waals surface area contributed by atoms with Crippen LogP contribution >= 0.6 is 23.2 Å². The lowest BCUT2D eigenvalue weighted by Crippen LogP contribution is -2.12. The lowest BCUT2D eigenvalue weighted by molar-refractivity contribution is 0.100. The van der Waals surface area contributed by atoms with E-state index in [-0.39, 0.29) is 15.6 Å². The summed E-state index contributed by atoms with van der Waals surface area (Å²) >= 11 is 11.0. The fourth-order valence-corrected chi connectivity index (χ4v) is 1.42. The second-order valence-electron chi connectivity index (χ2n) is 2.11. The van der Waals surface area contributed by atoms with Gasteiger partial charge in [-0.25, -0.2) is 4.39 Å². The van der Waals surface area contributed by atoms with E-state index in [9.17, 15) is 9.18 Å². The molecule has 0 aliphatic heterocycles. The minimum atomic E-state index is -0.773. The topological polar surface area (TPSA) is 43.1 Å². The molecule has 5 heteroatoms. The van der Waals surface area contributed by atoms with E-state index in [1.807, 2.05) is 0 Å². The molecule has 2 nitrogen and oxygen atoms in total. The first-order valence-corrected chi connectivity index (χ1v) is 3.72.